The summed E-state index contributed by atoms with van der Waals surface area (Å²) in [5, 5.41) is 3.30. The van der Waals surface area contributed by atoms with Crippen LogP contribution in [-0.2, 0) is 11.2 Å². The van der Waals surface area contributed by atoms with E-state index in [1.165, 1.54) is 5.56 Å². The molecule has 1 aliphatic rings. The fourth-order valence-electron chi connectivity index (χ4n) is 2.64. The molecule has 0 saturated carbocycles. The molecule has 0 spiro atoms. The second-order valence-corrected chi connectivity index (χ2v) is 5.80. The predicted octanol–water partition coefficient (Wildman–Crippen LogP) is 2.60. The third-order valence-corrected chi connectivity index (χ3v) is 3.54. The van der Waals surface area contributed by atoms with Crippen molar-refractivity contribution in [1.82, 2.24) is 5.32 Å². The highest BCUT2D eigenvalue weighted by atomic mass is 16.2. The molecule has 3 heteroatoms. The zero-order valence-electron chi connectivity index (χ0n) is 12.1. The molecular weight excluding hydrogens is 236 g/mol. The van der Waals surface area contributed by atoms with Crippen LogP contribution in [0.1, 0.15) is 32.8 Å². The van der Waals surface area contributed by atoms with Crippen LogP contribution in [0.4, 0.5) is 5.69 Å². The third-order valence-electron chi connectivity index (χ3n) is 3.54. The highest BCUT2D eigenvalue weighted by Gasteiger charge is 2.25. The number of carbonyl (C=O) groups is 1. The molecule has 104 valence electrons. The Morgan fingerprint density at radius 3 is 2.89 bits per heavy atom. The highest BCUT2D eigenvalue weighted by Crippen LogP contribution is 2.29. The van der Waals surface area contributed by atoms with Gasteiger partial charge in [0.2, 0.25) is 5.91 Å². The molecule has 19 heavy (non-hydrogen) atoms. The summed E-state index contributed by atoms with van der Waals surface area (Å²) in [6.07, 6.45) is 1.64. The molecule has 0 aromatic heterocycles. The van der Waals surface area contributed by atoms with Gasteiger partial charge in [-0.15, -0.1) is 0 Å². The minimum absolute atomic E-state index is 0.229. The maximum absolute atomic E-state index is 12.4. The van der Waals surface area contributed by atoms with Crippen molar-refractivity contribution in [2.45, 2.75) is 39.7 Å². The molecular formula is C16H24N2O. The number of hydrogen-bond donors (Lipinski definition) is 1. The molecule has 1 N–H and O–H groups in total. The maximum atomic E-state index is 12.4. The van der Waals surface area contributed by atoms with E-state index in [2.05, 4.69) is 44.3 Å². The fourth-order valence-corrected chi connectivity index (χ4v) is 2.64. The summed E-state index contributed by atoms with van der Waals surface area (Å²) < 4.78 is 0. The van der Waals surface area contributed by atoms with Gasteiger partial charge in [0, 0.05) is 31.2 Å². The molecule has 0 fully saturated rings. The molecule has 0 saturated heterocycles. The van der Waals surface area contributed by atoms with Gasteiger partial charge in [-0.2, -0.15) is 0 Å². The molecule has 3 nitrogen and oxygen atoms in total. The van der Waals surface area contributed by atoms with Gasteiger partial charge in [0.15, 0.2) is 0 Å². The standard InChI is InChI=1S/C16H24N2O/c1-12(2)17-9-8-16(19)18-11-13(3)10-14-6-4-5-7-15(14)18/h4-7,12-13,17H,8-11H2,1-3H3. The smallest absolute Gasteiger partial charge is 0.228 e. The summed E-state index contributed by atoms with van der Waals surface area (Å²) in [6, 6.07) is 8.70. The minimum Gasteiger partial charge on any atom is -0.314 e. The Hall–Kier alpha value is -1.35. The molecule has 0 bridgehead atoms. The van der Waals surface area contributed by atoms with Gasteiger partial charge in [-0.3, -0.25) is 4.79 Å². The predicted molar refractivity (Wildman–Crippen MR) is 79.4 cm³/mol. The van der Waals surface area contributed by atoms with Crippen molar-refractivity contribution in [2.75, 3.05) is 18.0 Å². The number of anilines is 1. The van der Waals surface area contributed by atoms with Crippen molar-refractivity contribution in [1.29, 1.82) is 0 Å². The second-order valence-electron chi connectivity index (χ2n) is 5.80. The maximum Gasteiger partial charge on any atom is 0.228 e. The summed E-state index contributed by atoms with van der Waals surface area (Å²) in [6.45, 7) is 8.01. The molecule has 1 aromatic rings. The van der Waals surface area contributed by atoms with Crippen LogP contribution in [0.25, 0.3) is 0 Å². The SMILES string of the molecule is CC1Cc2ccccc2N(C(=O)CCNC(C)C)C1. The van der Waals surface area contributed by atoms with E-state index in [0.717, 1.165) is 25.2 Å². The minimum atomic E-state index is 0.229. The molecule has 0 aliphatic carbocycles. The van der Waals surface area contributed by atoms with Crippen LogP contribution in [0.3, 0.4) is 0 Å². The van der Waals surface area contributed by atoms with Crippen molar-refractivity contribution in [3.63, 3.8) is 0 Å². The Morgan fingerprint density at radius 2 is 2.16 bits per heavy atom. The Balaban J connectivity index is 2.05. The van der Waals surface area contributed by atoms with Gasteiger partial charge >= 0.3 is 0 Å². The Bertz CT molecular complexity index is 442. The van der Waals surface area contributed by atoms with E-state index in [1.807, 2.05) is 11.0 Å². The molecule has 1 heterocycles. The van der Waals surface area contributed by atoms with E-state index in [1.54, 1.807) is 0 Å². The Labute approximate surface area is 116 Å². The number of hydrogen-bond acceptors (Lipinski definition) is 2. The Morgan fingerprint density at radius 1 is 1.42 bits per heavy atom. The lowest BCUT2D eigenvalue weighted by atomic mass is 9.93. The van der Waals surface area contributed by atoms with Crippen molar-refractivity contribution >= 4 is 11.6 Å². The lowest BCUT2D eigenvalue weighted by Crippen LogP contribution is -2.40. The number of carbonyl (C=O) groups excluding carboxylic acids is 1. The van der Waals surface area contributed by atoms with E-state index in [0.29, 0.717) is 18.4 Å². The first-order chi connectivity index (χ1) is 9.08. The lowest BCUT2D eigenvalue weighted by Gasteiger charge is -2.33. The van der Waals surface area contributed by atoms with Gasteiger partial charge in [-0.25, -0.2) is 0 Å². The normalized spacial score (nSPS) is 18.5. The first kappa shape index (κ1) is 14.1. The van der Waals surface area contributed by atoms with Crippen LogP contribution < -0.4 is 10.2 Å². The summed E-state index contributed by atoms with van der Waals surface area (Å²) in [5.74, 6) is 0.768. The summed E-state index contributed by atoms with van der Waals surface area (Å²) >= 11 is 0. The number of amides is 1. The average Bonchev–Trinajstić information content (AvgIpc) is 2.37. The van der Waals surface area contributed by atoms with Crippen molar-refractivity contribution in [3.8, 4) is 0 Å². The van der Waals surface area contributed by atoms with Crippen molar-refractivity contribution < 1.29 is 4.79 Å². The largest absolute Gasteiger partial charge is 0.314 e. The van der Waals surface area contributed by atoms with E-state index in [4.69, 9.17) is 0 Å². The highest BCUT2D eigenvalue weighted by molar-refractivity contribution is 5.94. The zero-order chi connectivity index (χ0) is 13.8. The van der Waals surface area contributed by atoms with Crippen LogP contribution in [0, 0.1) is 5.92 Å². The molecule has 2 rings (SSSR count). The topological polar surface area (TPSA) is 32.3 Å². The van der Waals surface area contributed by atoms with Gasteiger partial charge in [0.05, 0.1) is 0 Å². The quantitative estimate of drug-likeness (QED) is 0.902. The number of nitrogens with one attached hydrogen (secondary N) is 1. The van der Waals surface area contributed by atoms with Crippen LogP contribution >= 0.6 is 0 Å². The van der Waals surface area contributed by atoms with E-state index in [-0.39, 0.29) is 5.91 Å². The summed E-state index contributed by atoms with van der Waals surface area (Å²) in [7, 11) is 0. The molecule has 1 aromatic carbocycles. The van der Waals surface area contributed by atoms with Gasteiger partial charge in [-0.05, 0) is 24.0 Å². The second kappa shape index (κ2) is 6.20. The Kier molecular flexibility index (Phi) is 4.59. The number of nitrogens with zero attached hydrogens (tertiary/aromatic N) is 1. The number of rotatable bonds is 4. The van der Waals surface area contributed by atoms with Crippen LogP contribution in [0.5, 0.6) is 0 Å². The zero-order valence-corrected chi connectivity index (χ0v) is 12.1. The van der Waals surface area contributed by atoms with E-state index in [9.17, 15) is 4.79 Å². The van der Waals surface area contributed by atoms with Gasteiger partial charge in [-0.1, -0.05) is 39.0 Å². The average molecular weight is 260 g/mol. The first-order valence-electron chi connectivity index (χ1n) is 7.19. The number of fused-ring (bicyclic) bond motifs is 1. The van der Waals surface area contributed by atoms with E-state index < -0.39 is 0 Å². The van der Waals surface area contributed by atoms with Gasteiger partial charge in [0.1, 0.15) is 0 Å². The molecule has 1 unspecified atom stereocenters. The molecule has 0 radical (unpaired) electrons. The molecule has 1 atom stereocenters. The van der Waals surface area contributed by atoms with Crippen molar-refractivity contribution in [2.24, 2.45) is 5.92 Å². The number of benzene rings is 1. The first-order valence-corrected chi connectivity index (χ1v) is 7.19. The monoisotopic (exact) mass is 260 g/mol. The van der Waals surface area contributed by atoms with E-state index >= 15 is 0 Å². The fraction of sp³-hybridized carbons (Fsp3) is 0.562. The van der Waals surface area contributed by atoms with Gasteiger partial charge in [0.25, 0.3) is 0 Å². The molecule has 1 amide bonds. The number of para-hydroxylation sites is 1. The van der Waals surface area contributed by atoms with Crippen LogP contribution in [0.2, 0.25) is 0 Å². The summed E-state index contributed by atoms with van der Waals surface area (Å²) in [4.78, 5) is 14.3. The van der Waals surface area contributed by atoms with Crippen LogP contribution in [0.15, 0.2) is 24.3 Å². The third kappa shape index (κ3) is 3.57. The molecule has 1 aliphatic heterocycles. The summed E-state index contributed by atoms with van der Waals surface area (Å²) in [5.41, 5.74) is 2.40. The lowest BCUT2D eigenvalue weighted by molar-refractivity contribution is -0.118. The van der Waals surface area contributed by atoms with Gasteiger partial charge < -0.3 is 10.2 Å². The van der Waals surface area contributed by atoms with Crippen molar-refractivity contribution in [3.05, 3.63) is 29.8 Å². The van der Waals surface area contributed by atoms with Crippen LogP contribution in [-0.4, -0.2) is 25.0 Å².